The van der Waals surface area contributed by atoms with Crippen LogP contribution in [0.4, 0.5) is 0 Å². The predicted molar refractivity (Wildman–Crippen MR) is 230 cm³/mol. The Kier molecular flexibility index (Phi) is 34.9. The highest BCUT2D eigenvalue weighted by Gasteiger charge is 2.27. The number of aliphatic hydroxyl groups excluding tert-OH is 1. The molecule has 2 atom stereocenters. The molecule has 0 aliphatic heterocycles. The Balaban J connectivity index is 2.29. The van der Waals surface area contributed by atoms with Crippen LogP contribution in [0.3, 0.4) is 0 Å². The summed E-state index contributed by atoms with van der Waals surface area (Å²) in [5.41, 5.74) is 3.22. The first-order chi connectivity index (χ1) is 26.5. The molecule has 0 aromatic rings. The third-order valence-electron chi connectivity index (χ3n) is 11.8. The van der Waals surface area contributed by atoms with E-state index >= 15 is 0 Å². The van der Waals surface area contributed by atoms with Gasteiger partial charge in [0.05, 0.1) is 25.0 Å². The van der Waals surface area contributed by atoms with E-state index in [2.05, 4.69) is 32.6 Å². The standard InChI is InChI=1S/C48H91NO5/c1-5-9-13-15-16-23-33-44(32-22-14-10-6-2)47(51)53-40-28-19-17-24-36-49(38-26-27-39-50)37-25-18-20-29-41-54-48(52)46-35-34-43(31-21-11-7-3)45(42-46)30-12-8-4/h44,46,50H,5-42H2,1-4H3. The van der Waals surface area contributed by atoms with Crippen LogP contribution in [0.1, 0.15) is 233 Å². The maximum absolute atomic E-state index is 13.0. The van der Waals surface area contributed by atoms with Gasteiger partial charge in [0, 0.05) is 6.61 Å². The van der Waals surface area contributed by atoms with E-state index < -0.39 is 0 Å². The van der Waals surface area contributed by atoms with E-state index in [1.165, 1.54) is 89.9 Å². The van der Waals surface area contributed by atoms with Gasteiger partial charge in [-0.25, -0.2) is 0 Å². The van der Waals surface area contributed by atoms with Crippen molar-refractivity contribution in [2.75, 3.05) is 39.5 Å². The Bertz CT molecular complexity index is 904. The second-order valence-corrected chi connectivity index (χ2v) is 16.7. The van der Waals surface area contributed by atoms with E-state index in [-0.39, 0.29) is 30.4 Å². The van der Waals surface area contributed by atoms with Gasteiger partial charge in [0.15, 0.2) is 0 Å². The van der Waals surface area contributed by atoms with Crippen LogP contribution in [0.5, 0.6) is 0 Å². The lowest BCUT2D eigenvalue weighted by Gasteiger charge is -2.26. The molecule has 54 heavy (non-hydrogen) atoms. The quantitative estimate of drug-likeness (QED) is 0.0382. The van der Waals surface area contributed by atoms with Crippen LogP contribution >= 0.6 is 0 Å². The lowest BCUT2D eigenvalue weighted by Crippen LogP contribution is -2.27. The Morgan fingerprint density at radius 2 is 1.06 bits per heavy atom. The predicted octanol–water partition coefficient (Wildman–Crippen LogP) is 13.5. The minimum absolute atomic E-state index is 0.0373. The molecule has 0 spiro atoms. The summed E-state index contributed by atoms with van der Waals surface area (Å²) in [6.07, 6.45) is 36.8. The Morgan fingerprint density at radius 1 is 0.574 bits per heavy atom. The zero-order valence-electron chi connectivity index (χ0n) is 36.6. The fourth-order valence-electron chi connectivity index (χ4n) is 8.14. The van der Waals surface area contributed by atoms with E-state index in [9.17, 15) is 14.7 Å². The normalized spacial score (nSPS) is 15.3. The average Bonchev–Trinajstić information content (AvgIpc) is 3.18. The summed E-state index contributed by atoms with van der Waals surface area (Å²) < 4.78 is 11.6. The van der Waals surface area contributed by atoms with E-state index in [1.54, 1.807) is 11.1 Å². The molecule has 2 unspecified atom stereocenters. The topological polar surface area (TPSA) is 76.1 Å². The number of unbranched alkanes of at least 4 members (excludes halogenated alkanes) is 18. The SMILES string of the molecule is CCCCCCCCC(CCCCCC)C(=O)OCCCCCCN(CCCCO)CCCCCCOC(=O)C1CCC(CCCCC)=C(CCCC)C1. The van der Waals surface area contributed by atoms with E-state index in [0.29, 0.717) is 13.2 Å². The maximum Gasteiger partial charge on any atom is 0.309 e. The first-order valence-corrected chi connectivity index (χ1v) is 23.9. The van der Waals surface area contributed by atoms with Crippen LogP contribution in [0.2, 0.25) is 0 Å². The molecule has 6 heteroatoms. The van der Waals surface area contributed by atoms with Gasteiger partial charge >= 0.3 is 11.9 Å². The number of allylic oxidation sites excluding steroid dienone is 2. The van der Waals surface area contributed by atoms with Crippen molar-refractivity contribution in [3.63, 3.8) is 0 Å². The van der Waals surface area contributed by atoms with Crippen LogP contribution in [-0.2, 0) is 19.1 Å². The van der Waals surface area contributed by atoms with E-state index in [0.717, 1.165) is 135 Å². The van der Waals surface area contributed by atoms with Gasteiger partial charge in [-0.05, 0) is 116 Å². The molecule has 318 valence electrons. The van der Waals surface area contributed by atoms with Gasteiger partial charge in [0.2, 0.25) is 0 Å². The minimum Gasteiger partial charge on any atom is -0.465 e. The first kappa shape index (κ1) is 50.6. The lowest BCUT2D eigenvalue weighted by atomic mass is 9.80. The summed E-state index contributed by atoms with van der Waals surface area (Å²) in [4.78, 5) is 28.5. The monoisotopic (exact) mass is 762 g/mol. The molecule has 0 amide bonds. The second-order valence-electron chi connectivity index (χ2n) is 16.7. The Labute approximate surface area is 335 Å². The van der Waals surface area contributed by atoms with Gasteiger partial charge in [-0.15, -0.1) is 0 Å². The maximum atomic E-state index is 13.0. The average molecular weight is 762 g/mol. The Hall–Kier alpha value is -1.40. The number of esters is 2. The zero-order chi connectivity index (χ0) is 39.3. The molecule has 0 heterocycles. The van der Waals surface area contributed by atoms with Crippen LogP contribution in [-0.4, -0.2) is 61.4 Å². The molecule has 1 rings (SSSR count). The third-order valence-corrected chi connectivity index (χ3v) is 11.8. The number of carbonyl (C=O) groups is 2. The number of hydrogen-bond acceptors (Lipinski definition) is 6. The first-order valence-electron chi connectivity index (χ1n) is 23.9. The largest absolute Gasteiger partial charge is 0.465 e. The van der Waals surface area contributed by atoms with Gasteiger partial charge in [0.1, 0.15) is 0 Å². The molecule has 0 radical (unpaired) electrons. The van der Waals surface area contributed by atoms with Crippen molar-refractivity contribution >= 4 is 11.9 Å². The molecule has 0 aromatic heterocycles. The zero-order valence-corrected chi connectivity index (χ0v) is 36.6. The highest BCUT2D eigenvalue weighted by molar-refractivity contribution is 5.73. The fraction of sp³-hybridized carbons (Fsp3) is 0.917. The summed E-state index contributed by atoms with van der Waals surface area (Å²) in [6.45, 7) is 13.6. The third kappa shape index (κ3) is 27.2. The molecule has 0 aromatic carbocycles. The summed E-state index contributed by atoms with van der Waals surface area (Å²) in [6, 6.07) is 0. The van der Waals surface area contributed by atoms with Gasteiger partial charge < -0.3 is 19.5 Å². The molecular weight excluding hydrogens is 671 g/mol. The lowest BCUT2D eigenvalue weighted by molar-refractivity contribution is -0.150. The number of aliphatic hydroxyl groups is 1. The van der Waals surface area contributed by atoms with Crippen LogP contribution in [0, 0.1) is 11.8 Å². The van der Waals surface area contributed by atoms with Crippen LogP contribution < -0.4 is 0 Å². The van der Waals surface area contributed by atoms with Gasteiger partial charge in [-0.3, -0.25) is 9.59 Å². The highest BCUT2D eigenvalue weighted by atomic mass is 16.5. The van der Waals surface area contributed by atoms with Crippen molar-refractivity contribution in [3.05, 3.63) is 11.1 Å². The van der Waals surface area contributed by atoms with E-state index in [1.807, 2.05) is 0 Å². The molecule has 0 bridgehead atoms. The molecule has 1 aliphatic carbocycles. The molecule has 0 saturated carbocycles. The van der Waals surface area contributed by atoms with Crippen molar-refractivity contribution in [2.45, 2.75) is 233 Å². The second kappa shape index (κ2) is 37.2. The molecule has 0 fully saturated rings. The minimum atomic E-state index is 0.0373. The van der Waals surface area contributed by atoms with Crippen molar-refractivity contribution in [2.24, 2.45) is 11.8 Å². The van der Waals surface area contributed by atoms with Crippen molar-refractivity contribution in [1.29, 1.82) is 0 Å². The molecule has 0 saturated heterocycles. The van der Waals surface area contributed by atoms with Gasteiger partial charge in [-0.2, -0.15) is 0 Å². The summed E-state index contributed by atoms with van der Waals surface area (Å²) in [7, 11) is 0. The summed E-state index contributed by atoms with van der Waals surface area (Å²) >= 11 is 0. The fourth-order valence-corrected chi connectivity index (χ4v) is 8.14. The number of carbonyl (C=O) groups excluding carboxylic acids is 2. The Morgan fingerprint density at radius 3 is 1.67 bits per heavy atom. The smallest absolute Gasteiger partial charge is 0.309 e. The molecule has 1 aliphatic rings. The highest BCUT2D eigenvalue weighted by Crippen LogP contribution is 2.35. The van der Waals surface area contributed by atoms with Gasteiger partial charge in [0.25, 0.3) is 0 Å². The van der Waals surface area contributed by atoms with Crippen molar-refractivity contribution < 1.29 is 24.2 Å². The molecule has 1 N–H and O–H groups in total. The molecular formula is C48H91NO5. The van der Waals surface area contributed by atoms with Crippen molar-refractivity contribution in [3.8, 4) is 0 Å². The van der Waals surface area contributed by atoms with E-state index in [4.69, 9.17) is 9.47 Å². The van der Waals surface area contributed by atoms with Crippen LogP contribution in [0.25, 0.3) is 0 Å². The number of rotatable bonds is 39. The van der Waals surface area contributed by atoms with Crippen LogP contribution in [0.15, 0.2) is 11.1 Å². The van der Waals surface area contributed by atoms with Gasteiger partial charge in [-0.1, -0.05) is 148 Å². The summed E-state index contributed by atoms with van der Waals surface area (Å²) in [5, 5.41) is 9.32. The van der Waals surface area contributed by atoms with Crippen molar-refractivity contribution in [1.82, 2.24) is 4.90 Å². The summed E-state index contributed by atoms with van der Waals surface area (Å²) in [5.74, 6) is 0.242. The number of nitrogens with zero attached hydrogens (tertiary/aromatic N) is 1. The number of hydrogen-bond donors (Lipinski definition) is 1. The molecule has 6 nitrogen and oxygen atoms in total. The number of ether oxygens (including phenoxy) is 2.